The molecule has 0 atom stereocenters. The van der Waals surface area contributed by atoms with Crippen molar-refractivity contribution in [2.24, 2.45) is 0 Å². The average molecular weight is 524 g/mol. The van der Waals surface area contributed by atoms with E-state index in [0.717, 1.165) is 69.0 Å². The van der Waals surface area contributed by atoms with Crippen molar-refractivity contribution in [3.63, 3.8) is 0 Å². The third kappa shape index (κ3) is 5.65. The van der Waals surface area contributed by atoms with Crippen molar-refractivity contribution in [3.05, 3.63) is 95.4 Å². The van der Waals surface area contributed by atoms with Gasteiger partial charge < -0.3 is 10.3 Å². The Morgan fingerprint density at radius 3 is 2.74 bits per heavy atom. The maximum absolute atomic E-state index is 4.94. The van der Waals surface area contributed by atoms with Crippen molar-refractivity contribution in [1.82, 2.24) is 30.1 Å². The predicted octanol–water partition coefficient (Wildman–Crippen LogP) is 8.15. The number of hydrogen-bond acceptors (Lipinski definition) is 6. The summed E-state index contributed by atoms with van der Waals surface area (Å²) in [7, 11) is 0. The van der Waals surface area contributed by atoms with E-state index in [2.05, 4.69) is 62.4 Å². The van der Waals surface area contributed by atoms with Crippen molar-refractivity contribution in [2.75, 3.05) is 5.32 Å². The maximum atomic E-state index is 4.94. The summed E-state index contributed by atoms with van der Waals surface area (Å²) in [5.74, 6) is 0.660. The fourth-order valence-electron chi connectivity index (χ4n) is 4.12. The van der Waals surface area contributed by atoms with E-state index in [1.165, 1.54) is 0 Å². The molecule has 0 fully saturated rings. The molecule has 0 aromatic carbocycles. The molecule has 0 saturated heterocycles. The normalized spacial score (nSPS) is 11.2. The van der Waals surface area contributed by atoms with E-state index >= 15 is 0 Å². The lowest BCUT2D eigenvalue weighted by atomic mass is 10.0. The summed E-state index contributed by atoms with van der Waals surface area (Å²) in [6, 6.07) is 8.06. The molecule has 0 amide bonds. The monoisotopic (exact) mass is 523 g/mol. The molecule has 194 valence electrons. The van der Waals surface area contributed by atoms with Crippen molar-refractivity contribution in [3.8, 4) is 22.8 Å². The largest absolute Gasteiger partial charge is 0.358 e. The molecule has 38 heavy (non-hydrogen) atoms. The highest BCUT2D eigenvalue weighted by atomic mass is 32.1. The van der Waals surface area contributed by atoms with Gasteiger partial charge in [-0.25, -0.2) is 9.97 Å². The van der Waals surface area contributed by atoms with E-state index in [9.17, 15) is 0 Å². The molecule has 0 bridgehead atoms. The third-order valence-electron chi connectivity index (χ3n) is 5.80. The number of pyridine rings is 2. The number of rotatable bonds is 9. The van der Waals surface area contributed by atoms with E-state index in [0.29, 0.717) is 11.5 Å². The standard InChI is InChI=1S/C28H27N7S.C2H6/c1-5-7-17(3)30-21-13-20(14-29-15-21)23-9-10-24-26(32-23)27(35-34-24)28-31-18(4)25(33-28)22(8-6-2)19-11-12-36-16-19;1-2/h6,8-16,30H,2-3,5,7H2,1,4H3,(H,31,33)(H,34,35);1-2H3/b22-8-;. The number of imidazole rings is 1. The molecule has 0 aliphatic carbocycles. The lowest BCUT2D eigenvalue weighted by molar-refractivity contribution is 0.913. The molecule has 5 rings (SSSR count). The maximum Gasteiger partial charge on any atom is 0.161 e. The number of aromatic nitrogens is 6. The second kappa shape index (κ2) is 12.3. The van der Waals surface area contributed by atoms with Crippen molar-refractivity contribution >= 4 is 33.6 Å². The van der Waals surface area contributed by atoms with E-state index < -0.39 is 0 Å². The van der Waals surface area contributed by atoms with Gasteiger partial charge in [-0.05, 0) is 53.9 Å². The minimum atomic E-state index is 0.660. The van der Waals surface area contributed by atoms with Crippen LogP contribution in [-0.4, -0.2) is 30.1 Å². The molecule has 0 saturated carbocycles. The molecule has 0 aliphatic rings. The summed E-state index contributed by atoms with van der Waals surface area (Å²) in [6.45, 7) is 16.1. The van der Waals surface area contributed by atoms with Crippen molar-refractivity contribution < 1.29 is 0 Å². The topological polar surface area (TPSA) is 95.2 Å². The van der Waals surface area contributed by atoms with E-state index in [-0.39, 0.29) is 0 Å². The van der Waals surface area contributed by atoms with Crippen molar-refractivity contribution in [2.45, 2.75) is 40.5 Å². The number of thiophene rings is 1. The summed E-state index contributed by atoms with van der Waals surface area (Å²) >= 11 is 1.65. The van der Waals surface area contributed by atoms with Crippen LogP contribution >= 0.6 is 11.3 Å². The minimum Gasteiger partial charge on any atom is -0.358 e. The van der Waals surface area contributed by atoms with Gasteiger partial charge in [0.15, 0.2) is 11.5 Å². The first-order valence-corrected chi connectivity index (χ1v) is 13.7. The Morgan fingerprint density at radius 2 is 2.00 bits per heavy atom. The summed E-state index contributed by atoms with van der Waals surface area (Å²) in [4.78, 5) is 17.7. The van der Waals surface area contributed by atoms with Crippen molar-refractivity contribution in [1.29, 1.82) is 0 Å². The van der Waals surface area contributed by atoms with Gasteiger partial charge >= 0.3 is 0 Å². The van der Waals surface area contributed by atoms with Gasteiger partial charge in [0.1, 0.15) is 5.52 Å². The number of aromatic amines is 2. The Morgan fingerprint density at radius 1 is 1.16 bits per heavy atom. The molecule has 0 radical (unpaired) electrons. The number of anilines is 1. The fourth-order valence-corrected chi connectivity index (χ4v) is 4.78. The number of hydrogen-bond donors (Lipinski definition) is 3. The molecule has 8 heteroatoms. The highest BCUT2D eigenvalue weighted by molar-refractivity contribution is 7.08. The van der Waals surface area contributed by atoms with Gasteiger partial charge in [-0.2, -0.15) is 16.4 Å². The van der Waals surface area contributed by atoms with Crippen LogP contribution in [0.25, 0.3) is 39.4 Å². The average Bonchev–Trinajstić information content (AvgIpc) is 3.69. The molecule has 7 nitrogen and oxygen atoms in total. The quantitative estimate of drug-likeness (QED) is 0.169. The number of nitrogens with zero attached hydrogens (tertiary/aromatic N) is 4. The fraction of sp³-hybridized carbons (Fsp3) is 0.200. The van der Waals surface area contributed by atoms with E-state index in [4.69, 9.17) is 9.97 Å². The van der Waals surface area contributed by atoms with Gasteiger partial charge in [0, 0.05) is 28.7 Å². The third-order valence-corrected chi connectivity index (χ3v) is 6.48. The van der Waals surface area contributed by atoms with Crippen LogP contribution in [-0.2, 0) is 0 Å². The summed E-state index contributed by atoms with van der Waals surface area (Å²) in [6.07, 6.45) is 9.32. The zero-order chi connectivity index (χ0) is 27.1. The number of allylic oxidation sites excluding steroid dienone is 3. The lowest BCUT2D eigenvalue weighted by Gasteiger charge is -2.09. The van der Waals surface area contributed by atoms with Crippen LogP contribution in [0, 0.1) is 6.92 Å². The SMILES string of the molecule is C=C/C=C(/c1ccsc1)c1nc(-c2n[nH]c3ccc(-c4cncc(NC(=C)CCC)c4)nc23)[nH]c1C.CC. The molecule has 0 aliphatic heterocycles. The molecular formula is C30H33N7S. The Bertz CT molecular complexity index is 1570. The second-order valence-electron chi connectivity index (χ2n) is 8.49. The van der Waals surface area contributed by atoms with Crippen LogP contribution in [0.5, 0.6) is 0 Å². The summed E-state index contributed by atoms with van der Waals surface area (Å²) in [5.41, 5.74) is 9.75. The van der Waals surface area contributed by atoms with Crippen LogP contribution in [0.15, 0.2) is 78.4 Å². The summed E-state index contributed by atoms with van der Waals surface area (Å²) < 4.78 is 0. The molecule has 0 unspecified atom stereocenters. The summed E-state index contributed by atoms with van der Waals surface area (Å²) in [5, 5.41) is 15.1. The Balaban J connectivity index is 0.00000164. The first kappa shape index (κ1) is 26.8. The molecule has 5 heterocycles. The highest BCUT2D eigenvalue weighted by Gasteiger charge is 2.19. The number of nitrogens with one attached hydrogen (secondary N) is 3. The minimum absolute atomic E-state index is 0.660. The van der Waals surface area contributed by atoms with Crippen LogP contribution in [0.1, 0.15) is 50.6 Å². The molecule has 5 aromatic rings. The number of aryl methyl sites for hydroxylation is 1. The van der Waals surface area contributed by atoms with Crippen LogP contribution in [0.2, 0.25) is 0 Å². The molecule has 0 spiro atoms. The molecule has 5 aromatic heterocycles. The number of fused-ring (bicyclic) bond motifs is 1. The first-order valence-electron chi connectivity index (χ1n) is 12.7. The first-order chi connectivity index (χ1) is 18.6. The van der Waals surface area contributed by atoms with E-state index in [1.807, 2.05) is 51.2 Å². The van der Waals surface area contributed by atoms with Crippen LogP contribution in [0.3, 0.4) is 0 Å². The van der Waals surface area contributed by atoms with Crippen LogP contribution < -0.4 is 5.32 Å². The molecule has 3 N–H and O–H groups in total. The van der Waals surface area contributed by atoms with Gasteiger partial charge in [-0.1, -0.05) is 52.5 Å². The Hall–Kier alpha value is -4.30. The van der Waals surface area contributed by atoms with Gasteiger partial charge in [-0.3, -0.25) is 10.1 Å². The van der Waals surface area contributed by atoms with Gasteiger partial charge in [0.25, 0.3) is 0 Å². The Kier molecular flexibility index (Phi) is 8.66. The highest BCUT2D eigenvalue weighted by Crippen LogP contribution is 2.31. The van der Waals surface area contributed by atoms with Gasteiger partial charge in [0.2, 0.25) is 0 Å². The second-order valence-corrected chi connectivity index (χ2v) is 9.27. The zero-order valence-electron chi connectivity index (χ0n) is 22.3. The van der Waals surface area contributed by atoms with E-state index in [1.54, 1.807) is 23.6 Å². The Labute approximate surface area is 227 Å². The van der Waals surface area contributed by atoms with Crippen LogP contribution in [0.4, 0.5) is 5.69 Å². The smallest absolute Gasteiger partial charge is 0.161 e. The van der Waals surface area contributed by atoms with Gasteiger partial charge in [0.05, 0.1) is 28.8 Å². The number of H-pyrrole nitrogens is 2. The zero-order valence-corrected chi connectivity index (χ0v) is 23.1. The molecular weight excluding hydrogens is 490 g/mol. The van der Waals surface area contributed by atoms with Gasteiger partial charge in [-0.15, -0.1) is 0 Å². The lowest BCUT2D eigenvalue weighted by Crippen LogP contribution is -1.98. The predicted molar refractivity (Wildman–Crippen MR) is 160 cm³/mol.